The second kappa shape index (κ2) is 10.4. The minimum absolute atomic E-state index is 0.137. The molecule has 0 spiro atoms. The zero-order valence-electron chi connectivity index (χ0n) is 21.8. The monoisotopic (exact) mass is 512 g/mol. The second-order valence-corrected chi connectivity index (χ2v) is 9.99. The highest BCUT2D eigenvalue weighted by atomic mass is 16.7. The quantitative estimate of drug-likeness (QED) is 0.369. The molecule has 196 valence electrons. The van der Waals surface area contributed by atoms with E-state index in [1.54, 1.807) is 7.11 Å². The van der Waals surface area contributed by atoms with Crippen LogP contribution in [-0.4, -0.2) is 65.2 Å². The summed E-state index contributed by atoms with van der Waals surface area (Å²) in [7, 11) is 1.67. The molecule has 2 aliphatic rings. The highest BCUT2D eigenvalue weighted by Crippen LogP contribution is 2.34. The van der Waals surface area contributed by atoms with Gasteiger partial charge in [-0.15, -0.1) is 0 Å². The zero-order valence-corrected chi connectivity index (χ0v) is 21.8. The van der Waals surface area contributed by atoms with Crippen LogP contribution in [0, 0.1) is 6.92 Å². The molecule has 1 atom stereocenters. The minimum Gasteiger partial charge on any atom is -0.497 e. The van der Waals surface area contributed by atoms with Gasteiger partial charge in [0.2, 0.25) is 12.7 Å². The standard InChI is InChI=1S/C30H32N4O4/c1-21-8-9-34-26(18-31-29(34)14-21)25(23-4-3-5-24(16-23)36-2)17-30(35)33-12-10-32(11-13-33)19-22-6-7-27-28(15-22)38-20-37-27/h3-9,14-16,18,25H,10-13,17,19-20H2,1-2H3. The lowest BCUT2D eigenvalue weighted by atomic mass is 9.91. The van der Waals surface area contributed by atoms with E-state index in [4.69, 9.17) is 14.2 Å². The summed E-state index contributed by atoms with van der Waals surface area (Å²) in [4.78, 5) is 22.7. The van der Waals surface area contributed by atoms with Gasteiger partial charge in [-0.25, -0.2) is 4.98 Å². The molecule has 0 saturated carbocycles. The number of carbonyl (C=O) groups excluding carboxylic acids is 1. The van der Waals surface area contributed by atoms with Crippen LogP contribution < -0.4 is 14.2 Å². The number of nitrogens with zero attached hydrogens (tertiary/aromatic N) is 4. The van der Waals surface area contributed by atoms with Crippen LogP contribution in [0.4, 0.5) is 0 Å². The molecule has 1 saturated heterocycles. The van der Waals surface area contributed by atoms with Gasteiger partial charge in [0.15, 0.2) is 11.5 Å². The Labute approximate surface area is 222 Å². The summed E-state index contributed by atoms with van der Waals surface area (Å²) >= 11 is 0. The first-order chi connectivity index (χ1) is 18.6. The van der Waals surface area contributed by atoms with Gasteiger partial charge >= 0.3 is 0 Å². The van der Waals surface area contributed by atoms with Crippen LogP contribution in [0.5, 0.6) is 17.2 Å². The number of ether oxygens (including phenoxy) is 3. The molecule has 4 aromatic rings. The number of piperazine rings is 1. The van der Waals surface area contributed by atoms with Gasteiger partial charge < -0.3 is 23.5 Å². The number of pyridine rings is 1. The van der Waals surface area contributed by atoms with Gasteiger partial charge in [-0.3, -0.25) is 9.69 Å². The number of hydrogen-bond acceptors (Lipinski definition) is 6. The van der Waals surface area contributed by atoms with Crippen molar-refractivity contribution in [2.75, 3.05) is 40.1 Å². The number of rotatable bonds is 7. The van der Waals surface area contributed by atoms with Crippen molar-refractivity contribution >= 4 is 11.6 Å². The lowest BCUT2D eigenvalue weighted by Gasteiger charge is -2.35. The first-order valence-electron chi connectivity index (χ1n) is 13.0. The maximum atomic E-state index is 13.6. The van der Waals surface area contributed by atoms with Crippen molar-refractivity contribution < 1.29 is 19.0 Å². The summed E-state index contributed by atoms with van der Waals surface area (Å²) in [5, 5.41) is 0. The molecule has 2 aromatic carbocycles. The Morgan fingerprint density at radius 3 is 2.71 bits per heavy atom. The predicted molar refractivity (Wildman–Crippen MR) is 144 cm³/mol. The smallest absolute Gasteiger partial charge is 0.231 e. The molecule has 0 radical (unpaired) electrons. The fourth-order valence-electron chi connectivity index (χ4n) is 5.37. The van der Waals surface area contributed by atoms with Crippen molar-refractivity contribution in [3.05, 3.63) is 89.4 Å². The van der Waals surface area contributed by atoms with E-state index in [-0.39, 0.29) is 18.6 Å². The summed E-state index contributed by atoms with van der Waals surface area (Å²) in [5.41, 5.74) is 5.28. The average molecular weight is 513 g/mol. The SMILES string of the molecule is COc1cccc(C(CC(=O)N2CCN(Cc3ccc4c(c3)OCO4)CC2)c2cnc3cc(C)ccn23)c1. The Hall–Kier alpha value is -4.04. The van der Waals surface area contributed by atoms with Crippen molar-refractivity contribution in [1.82, 2.24) is 19.2 Å². The summed E-state index contributed by atoms with van der Waals surface area (Å²) in [5.74, 6) is 2.41. The molecule has 6 rings (SSSR count). The van der Waals surface area contributed by atoms with Crippen LogP contribution in [0.3, 0.4) is 0 Å². The molecule has 0 aliphatic carbocycles. The highest BCUT2D eigenvalue weighted by molar-refractivity contribution is 5.78. The van der Waals surface area contributed by atoms with E-state index >= 15 is 0 Å². The van der Waals surface area contributed by atoms with Crippen LogP contribution in [0.1, 0.15) is 34.7 Å². The van der Waals surface area contributed by atoms with Crippen LogP contribution >= 0.6 is 0 Å². The first kappa shape index (κ1) is 24.3. The highest BCUT2D eigenvalue weighted by Gasteiger charge is 2.27. The van der Waals surface area contributed by atoms with Gasteiger partial charge in [0.25, 0.3) is 0 Å². The van der Waals surface area contributed by atoms with Crippen molar-refractivity contribution in [1.29, 1.82) is 0 Å². The van der Waals surface area contributed by atoms with Gasteiger partial charge in [0.1, 0.15) is 11.4 Å². The summed E-state index contributed by atoms with van der Waals surface area (Å²) in [6.45, 7) is 6.25. The van der Waals surface area contributed by atoms with Crippen molar-refractivity contribution in [3.63, 3.8) is 0 Å². The van der Waals surface area contributed by atoms with Crippen molar-refractivity contribution in [3.8, 4) is 17.2 Å². The van der Waals surface area contributed by atoms with Crippen LogP contribution in [0.15, 0.2) is 67.0 Å². The van der Waals surface area contributed by atoms with Crippen molar-refractivity contribution in [2.45, 2.75) is 25.8 Å². The molecular weight excluding hydrogens is 480 g/mol. The number of aromatic nitrogens is 2. The molecule has 0 N–H and O–H groups in total. The number of hydrogen-bond donors (Lipinski definition) is 0. The minimum atomic E-state index is -0.137. The number of aryl methyl sites for hydroxylation is 1. The Balaban J connectivity index is 1.17. The lowest BCUT2D eigenvalue weighted by Crippen LogP contribution is -2.48. The molecule has 1 fully saturated rings. The van der Waals surface area contributed by atoms with Gasteiger partial charge in [0.05, 0.1) is 12.8 Å². The first-order valence-corrected chi connectivity index (χ1v) is 13.0. The fraction of sp³-hybridized carbons (Fsp3) is 0.333. The third kappa shape index (κ3) is 4.91. The summed E-state index contributed by atoms with van der Waals surface area (Å²) < 4.78 is 18.5. The molecular formula is C30H32N4O4. The predicted octanol–water partition coefficient (Wildman–Crippen LogP) is 4.25. The molecule has 4 heterocycles. The molecule has 2 aliphatic heterocycles. The summed E-state index contributed by atoms with van der Waals surface area (Å²) in [6.07, 6.45) is 4.31. The van der Waals surface area contributed by atoms with Crippen molar-refractivity contribution in [2.24, 2.45) is 0 Å². The number of fused-ring (bicyclic) bond motifs is 2. The van der Waals surface area contributed by atoms with Crippen LogP contribution in [-0.2, 0) is 11.3 Å². The Morgan fingerprint density at radius 2 is 1.87 bits per heavy atom. The third-order valence-electron chi connectivity index (χ3n) is 7.50. The lowest BCUT2D eigenvalue weighted by molar-refractivity contribution is -0.133. The molecule has 8 heteroatoms. The second-order valence-electron chi connectivity index (χ2n) is 9.99. The Bertz CT molecular complexity index is 1460. The maximum absolute atomic E-state index is 13.6. The van der Waals surface area contributed by atoms with E-state index < -0.39 is 0 Å². The van der Waals surface area contributed by atoms with E-state index in [9.17, 15) is 4.79 Å². The van der Waals surface area contributed by atoms with E-state index in [0.717, 1.165) is 59.4 Å². The van der Waals surface area contributed by atoms with E-state index in [0.29, 0.717) is 19.5 Å². The number of carbonyl (C=O) groups is 1. The third-order valence-corrected chi connectivity index (χ3v) is 7.50. The molecule has 8 nitrogen and oxygen atoms in total. The number of imidazole rings is 1. The molecule has 1 unspecified atom stereocenters. The maximum Gasteiger partial charge on any atom is 0.231 e. The summed E-state index contributed by atoms with van der Waals surface area (Å²) in [6, 6.07) is 18.2. The average Bonchev–Trinajstić information content (AvgIpc) is 3.58. The van der Waals surface area contributed by atoms with Gasteiger partial charge in [-0.05, 0) is 60.0 Å². The topological polar surface area (TPSA) is 68.5 Å². The fourth-order valence-corrected chi connectivity index (χ4v) is 5.37. The van der Waals surface area contributed by atoms with Gasteiger partial charge in [0, 0.05) is 57.5 Å². The van der Waals surface area contributed by atoms with Crippen LogP contribution in [0.25, 0.3) is 5.65 Å². The Kier molecular flexibility index (Phi) is 6.64. The normalized spacial score (nSPS) is 16.1. The number of benzene rings is 2. The van der Waals surface area contributed by atoms with Gasteiger partial charge in [-0.1, -0.05) is 18.2 Å². The Morgan fingerprint density at radius 1 is 1.03 bits per heavy atom. The number of amides is 1. The van der Waals surface area contributed by atoms with E-state index in [1.807, 2.05) is 41.6 Å². The molecule has 38 heavy (non-hydrogen) atoms. The van der Waals surface area contributed by atoms with Crippen LogP contribution in [0.2, 0.25) is 0 Å². The zero-order chi connectivity index (χ0) is 26.1. The number of methoxy groups -OCH3 is 1. The van der Waals surface area contributed by atoms with Gasteiger partial charge in [-0.2, -0.15) is 0 Å². The van der Waals surface area contributed by atoms with E-state index in [2.05, 4.69) is 51.5 Å². The molecule has 2 aromatic heterocycles. The largest absolute Gasteiger partial charge is 0.497 e. The van der Waals surface area contributed by atoms with E-state index in [1.165, 1.54) is 5.56 Å². The molecule has 1 amide bonds. The molecule has 0 bridgehead atoms.